The Bertz CT molecular complexity index is 719. The number of nitrogens with zero attached hydrogens (tertiary/aromatic N) is 3. The van der Waals surface area contributed by atoms with E-state index in [2.05, 4.69) is 12.0 Å². The van der Waals surface area contributed by atoms with Gasteiger partial charge in [-0.3, -0.25) is 4.68 Å². The highest BCUT2D eigenvalue weighted by molar-refractivity contribution is 7.89. The third-order valence-corrected chi connectivity index (χ3v) is 6.57. The first-order chi connectivity index (χ1) is 10.9. The van der Waals surface area contributed by atoms with Gasteiger partial charge in [0.25, 0.3) is 0 Å². The van der Waals surface area contributed by atoms with Gasteiger partial charge in [-0.05, 0) is 31.7 Å². The minimum atomic E-state index is -3.54. The summed E-state index contributed by atoms with van der Waals surface area (Å²) in [5.74, 6) is 0. The molecule has 0 aromatic carbocycles. The molecule has 0 atom stereocenters. The highest BCUT2D eigenvalue weighted by Gasteiger charge is 2.29. The number of hydrogen-bond donors (Lipinski definition) is 0. The Morgan fingerprint density at radius 2 is 2.09 bits per heavy atom. The molecule has 2 heterocycles. The van der Waals surface area contributed by atoms with Gasteiger partial charge in [-0.15, -0.1) is 11.3 Å². The molecule has 7 heteroatoms. The smallest absolute Gasteiger partial charge is 0.246 e. The van der Waals surface area contributed by atoms with E-state index in [1.54, 1.807) is 15.2 Å². The Morgan fingerprint density at radius 3 is 2.61 bits per heavy atom. The summed E-state index contributed by atoms with van der Waals surface area (Å²) in [5.41, 5.74) is 0.559. The number of unbranched alkanes of at least 4 members (excludes halogenated alkanes) is 1. The summed E-state index contributed by atoms with van der Waals surface area (Å²) in [6.07, 6.45) is 3.50. The minimum Gasteiger partial charge on any atom is -0.268 e. The molecular formula is C16H25N3O2S2. The van der Waals surface area contributed by atoms with Crippen molar-refractivity contribution in [1.82, 2.24) is 14.1 Å². The van der Waals surface area contributed by atoms with Gasteiger partial charge in [-0.25, -0.2) is 8.42 Å². The molecule has 0 aliphatic rings. The van der Waals surface area contributed by atoms with E-state index in [0.717, 1.165) is 17.7 Å². The normalized spacial score (nSPS) is 12.4. The van der Waals surface area contributed by atoms with Gasteiger partial charge in [-0.1, -0.05) is 26.3 Å². The Balaban J connectivity index is 2.52. The Morgan fingerprint density at radius 1 is 1.35 bits per heavy atom. The SMILES string of the molecule is CCCCN(CC)S(=O)(=O)c1cn(C(C)C)nc1-c1cccs1. The van der Waals surface area contributed by atoms with E-state index in [0.29, 0.717) is 23.7 Å². The standard InChI is InChI=1S/C16H25N3O2S2/c1-5-7-10-18(6-2)23(20,21)15-12-19(13(3)4)17-16(15)14-9-8-11-22-14/h8-9,11-13H,5-7,10H2,1-4H3. The van der Waals surface area contributed by atoms with Gasteiger partial charge in [0.05, 0.1) is 4.88 Å². The predicted molar refractivity (Wildman–Crippen MR) is 95.3 cm³/mol. The van der Waals surface area contributed by atoms with Crippen LogP contribution in [0.2, 0.25) is 0 Å². The van der Waals surface area contributed by atoms with Gasteiger partial charge >= 0.3 is 0 Å². The largest absolute Gasteiger partial charge is 0.268 e. The van der Waals surface area contributed by atoms with E-state index in [-0.39, 0.29) is 6.04 Å². The molecule has 2 rings (SSSR count). The molecule has 0 amide bonds. The monoisotopic (exact) mass is 355 g/mol. The molecule has 0 fully saturated rings. The van der Waals surface area contributed by atoms with Gasteiger partial charge in [0.2, 0.25) is 10.0 Å². The maximum absolute atomic E-state index is 13.1. The lowest BCUT2D eigenvalue weighted by Crippen LogP contribution is -2.32. The second-order valence-corrected chi connectivity index (χ2v) is 8.60. The molecule has 0 saturated carbocycles. The Kier molecular flexibility index (Phi) is 6.00. The molecular weight excluding hydrogens is 330 g/mol. The second-order valence-electron chi connectivity index (χ2n) is 5.74. The fourth-order valence-electron chi connectivity index (χ4n) is 2.33. The quantitative estimate of drug-likeness (QED) is 0.719. The fourth-order valence-corrected chi connectivity index (χ4v) is 4.75. The molecule has 128 valence electrons. The zero-order chi connectivity index (χ0) is 17.0. The molecule has 0 radical (unpaired) electrons. The van der Waals surface area contributed by atoms with Crippen molar-refractivity contribution in [2.24, 2.45) is 0 Å². The molecule has 0 N–H and O–H groups in total. The van der Waals surface area contributed by atoms with Crippen LogP contribution in [0.3, 0.4) is 0 Å². The van der Waals surface area contributed by atoms with Crippen LogP contribution in [0.4, 0.5) is 0 Å². The van der Waals surface area contributed by atoms with Crippen molar-refractivity contribution >= 4 is 21.4 Å². The van der Waals surface area contributed by atoms with E-state index in [4.69, 9.17) is 0 Å². The first kappa shape index (κ1) is 18.2. The number of sulfonamides is 1. The summed E-state index contributed by atoms with van der Waals surface area (Å²) in [7, 11) is -3.54. The Hall–Kier alpha value is -1.18. The van der Waals surface area contributed by atoms with Crippen LogP contribution in [0.25, 0.3) is 10.6 Å². The number of hydrogen-bond acceptors (Lipinski definition) is 4. The lowest BCUT2D eigenvalue weighted by atomic mass is 10.3. The van der Waals surface area contributed by atoms with Crippen molar-refractivity contribution in [3.63, 3.8) is 0 Å². The van der Waals surface area contributed by atoms with E-state index in [1.165, 1.54) is 11.3 Å². The summed E-state index contributed by atoms with van der Waals surface area (Å²) in [6, 6.07) is 3.95. The molecule has 0 aliphatic heterocycles. The van der Waals surface area contributed by atoms with Crippen LogP contribution in [-0.4, -0.2) is 35.6 Å². The van der Waals surface area contributed by atoms with Gasteiger partial charge in [0.1, 0.15) is 10.6 Å². The third kappa shape index (κ3) is 3.84. The average molecular weight is 356 g/mol. The summed E-state index contributed by atoms with van der Waals surface area (Å²) in [6.45, 7) is 8.96. The van der Waals surface area contributed by atoms with Gasteiger partial charge in [0.15, 0.2) is 0 Å². The van der Waals surface area contributed by atoms with Gasteiger partial charge in [-0.2, -0.15) is 9.40 Å². The van der Waals surface area contributed by atoms with E-state index in [9.17, 15) is 8.42 Å². The fraction of sp³-hybridized carbons (Fsp3) is 0.562. The molecule has 5 nitrogen and oxygen atoms in total. The van der Waals surface area contributed by atoms with Crippen molar-refractivity contribution < 1.29 is 8.42 Å². The zero-order valence-electron chi connectivity index (χ0n) is 14.2. The van der Waals surface area contributed by atoms with Crippen LogP contribution in [0, 0.1) is 0 Å². The maximum atomic E-state index is 13.1. The molecule has 2 aromatic rings. The van der Waals surface area contributed by atoms with Gasteiger partial charge < -0.3 is 0 Å². The number of thiophene rings is 1. The van der Waals surface area contributed by atoms with Crippen LogP contribution < -0.4 is 0 Å². The molecule has 2 aromatic heterocycles. The molecule has 0 bridgehead atoms. The first-order valence-corrected chi connectivity index (χ1v) is 10.4. The van der Waals surface area contributed by atoms with E-state index < -0.39 is 10.0 Å². The highest BCUT2D eigenvalue weighted by Crippen LogP contribution is 2.32. The molecule has 0 saturated heterocycles. The maximum Gasteiger partial charge on any atom is 0.246 e. The zero-order valence-corrected chi connectivity index (χ0v) is 15.8. The second kappa shape index (κ2) is 7.59. The van der Waals surface area contributed by atoms with Crippen LogP contribution in [0.1, 0.15) is 46.6 Å². The van der Waals surface area contributed by atoms with Crippen LogP contribution in [-0.2, 0) is 10.0 Å². The molecule has 0 aliphatic carbocycles. The molecule has 23 heavy (non-hydrogen) atoms. The number of rotatable bonds is 8. The van der Waals surface area contributed by atoms with Crippen molar-refractivity contribution in [2.75, 3.05) is 13.1 Å². The first-order valence-electron chi connectivity index (χ1n) is 8.05. The summed E-state index contributed by atoms with van der Waals surface area (Å²) < 4.78 is 29.5. The number of aromatic nitrogens is 2. The average Bonchev–Trinajstić information content (AvgIpc) is 3.16. The Labute approximate surface area is 143 Å². The topological polar surface area (TPSA) is 55.2 Å². The van der Waals surface area contributed by atoms with Crippen LogP contribution in [0.15, 0.2) is 28.6 Å². The summed E-state index contributed by atoms with van der Waals surface area (Å²) in [5, 5.41) is 6.48. The molecule has 0 unspecified atom stereocenters. The lowest BCUT2D eigenvalue weighted by molar-refractivity contribution is 0.419. The lowest BCUT2D eigenvalue weighted by Gasteiger charge is -2.19. The third-order valence-electron chi connectivity index (χ3n) is 3.71. The van der Waals surface area contributed by atoms with E-state index in [1.807, 2.05) is 38.3 Å². The van der Waals surface area contributed by atoms with Crippen molar-refractivity contribution in [3.05, 3.63) is 23.7 Å². The van der Waals surface area contributed by atoms with Gasteiger partial charge in [0, 0.05) is 25.3 Å². The van der Waals surface area contributed by atoms with Crippen molar-refractivity contribution in [3.8, 4) is 10.6 Å². The summed E-state index contributed by atoms with van der Waals surface area (Å²) >= 11 is 1.51. The minimum absolute atomic E-state index is 0.114. The van der Waals surface area contributed by atoms with Crippen LogP contribution >= 0.6 is 11.3 Å². The van der Waals surface area contributed by atoms with E-state index >= 15 is 0 Å². The highest BCUT2D eigenvalue weighted by atomic mass is 32.2. The summed E-state index contributed by atoms with van der Waals surface area (Å²) in [4.78, 5) is 1.20. The van der Waals surface area contributed by atoms with Crippen LogP contribution in [0.5, 0.6) is 0 Å². The molecule has 0 spiro atoms. The van der Waals surface area contributed by atoms with Crippen molar-refractivity contribution in [1.29, 1.82) is 0 Å². The van der Waals surface area contributed by atoms with Crippen molar-refractivity contribution in [2.45, 2.75) is 51.5 Å². The predicted octanol–water partition coefficient (Wildman–Crippen LogP) is 4.00.